The molecule has 1 aliphatic rings. The smallest absolute Gasteiger partial charge is 0.223 e. The van der Waals surface area contributed by atoms with Crippen LogP contribution in [0.5, 0.6) is 0 Å². The molecule has 1 heterocycles. The predicted octanol–water partition coefficient (Wildman–Crippen LogP) is 2.54. The van der Waals surface area contributed by atoms with Crippen LogP contribution in [0.4, 0.5) is 0 Å². The van der Waals surface area contributed by atoms with Gasteiger partial charge in [0.1, 0.15) is 0 Å². The van der Waals surface area contributed by atoms with Gasteiger partial charge in [0.2, 0.25) is 5.91 Å². The van der Waals surface area contributed by atoms with Gasteiger partial charge in [-0.05, 0) is 32.6 Å². The van der Waals surface area contributed by atoms with Gasteiger partial charge in [-0.1, -0.05) is 26.7 Å². The summed E-state index contributed by atoms with van der Waals surface area (Å²) in [6.45, 7) is 9.42. The second-order valence-corrected chi connectivity index (χ2v) is 6.42. The van der Waals surface area contributed by atoms with E-state index < -0.39 is 0 Å². The zero-order valence-electron chi connectivity index (χ0n) is 11.8. The SMILES string of the molecule is CC(C)CCCCC(=O)N1CC(N)CC1(C)C. The molecule has 1 amide bonds. The lowest BCUT2D eigenvalue weighted by molar-refractivity contribution is -0.134. The van der Waals surface area contributed by atoms with Crippen molar-refractivity contribution in [1.29, 1.82) is 0 Å². The van der Waals surface area contributed by atoms with E-state index in [9.17, 15) is 4.79 Å². The highest BCUT2D eigenvalue weighted by molar-refractivity contribution is 5.77. The normalized spacial score (nSPS) is 23.4. The van der Waals surface area contributed by atoms with Crippen LogP contribution in [0.2, 0.25) is 0 Å². The maximum Gasteiger partial charge on any atom is 0.223 e. The molecule has 17 heavy (non-hydrogen) atoms. The number of unbranched alkanes of at least 4 members (excludes halogenated alkanes) is 1. The average molecular weight is 240 g/mol. The Labute approximate surface area is 106 Å². The average Bonchev–Trinajstić information content (AvgIpc) is 2.46. The van der Waals surface area contributed by atoms with E-state index in [4.69, 9.17) is 5.73 Å². The Balaban J connectivity index is 2.33. The molecular weight excluding hydrogens is 212 g/mol. The van der Waals surface area contributed by atoms with Crippen molar-refractivity contribution in [2.24, 2.45) is 11.7 Å². The first-order valence-electron chi connectivity index (χ1n) is 6.89. The third-order valence-corrected chi connectivity index (χ3v) is 3.63. The highest BCUT2D eigenvalue weighted by Gasteiger charge is 2.38. The van der Waals surface area contributed by atoms with E-state index in [1.807, 2.05) is 4.90 Å². The molecule has 0 spiro atoms. The number of carbonyl (C=O) groups excluding carboxylic acids is 1. The molecule has 0 aromatic carbocycles. The fraction of sp³-hybridized carbons (Fsp3) is 0.929. The fourth-order valence-corrected chi connectivity index (χ4v) is 2.70. The Morgan fingerprint density at radius 2 is 2.06 bits per heavy atom. The van der Waals surface area contributed by atoms with Crippen LogP contribution in [-0.2, 0) is 4.79 Å². The van der Waals surface area contributed by atoms with E-state index in [1.54, 1.807) is 0 Å². The molecule has 1 rings (SSSR count). The van der Waals surface area contributed by atoms with Crippen LogP contribution in [0, 0.1) is 5.92 Å². The van der Waals surface area contributed by atoms with E-state index in [0.717, 1.165) is 31.7 Å². The molecular formula is C14H28N2O. The third kappa shape index (κ3) is 4.30. The third-order valence-electron chi connectivity index (χ3n) is 3.63. The highest BCUT2D eigenvalue weighted by Crippen LogP contribution is 2.28. The standard InChI is InChI=1S/C14H28N2O/c1-11(2)7-5-6-8-13(17)16-10-12(15)9-14(16,3)4/h11-12H,5-10,15H2,1-4H3. The van der Waals surface area contributed by atoms with E-state index in [0.29, 0.717) is 6.42 Å². The number of nitrogens with two attached hydrogens (primary N) is 1. The molecule has 3 nitrogen and oxygen atoms in total. The maximum atomic E-state index is 12.1. The summed E-state index contributed by atoms with van der Waals surface area (Å²) in [6.07, 6.45) is 4.99. The first kappa shape index (κ1) is 14.5. The Hall–Kier alpha value is -0.570. The zero-order valence-corrected chi connectivity index (χ0v) is 11.8. The second kappa shape index (κ2) is 5.85. The fourth-order valence-electron chi connectivity index (χ4n) is 2.70. The molecule has 0 radical (unpaired) electrons. The molecule has 1 unspecified atom stereocenters. The topological polar surface area (TPSA) is 46.3 Å². The number of hydrogen-bond donors (Lipinski definition) is 1. The lowest BCUT2D eigenvalue weighted by atomic mass is 10.00. The minimum atomic E-state index is -0.0471. The molecule has 2 N–H and O–H groups in total. The van der Waals surface area contributed by atoms with Crippen molar-refractivity contribution in [2.45, 2.75) is 71.4 Å². The van der Waals surface area contributed by atoms with Gasteiger partial charge in [0.25, 0.3) is 0 Å². The molecule has 1 saturated heterocycles. The Morgan fingerprint density at radius 3 is 2.53 bits per heavy atom. The Kier molecular flexibility index (Phi) is 4.99. The van der Waals surface area contributed by atoms with Gasteiger partial charge in [0.15, 0.2) is 0 Å². The molecule has 0 bridgehead atoms. The van der Waals surface area contributed by atoms with Crippen molar-refractivity contribution in [1.82, 2.24) is 4.90 Å². The molecule has 1 fully saturated rings. The Bertz CT molecular complexity index is 261. The summed E-state index contributed by atoms with van der Waals surface area (Å²) in [7, 11) is 0. The van der Waals surface area contributed by atoms with Crippen LogP contribution in [0.25, 0.3) is 0 Å². The van der Waals surface area contributed by atoms with Gasteiger partial charge >= 0.3 is 0 Å². The van der Waals surface area contributed by atoms with Crippen LogP contribution in [0.3, 0.4) is 0 Å². The van der Waals surface area contributed by atoms with Crippen LogP contribution in [0.1, 0.15) is 59.8 Å². The molecule has 3 heteroatoms. The van der Waals surface area contributed by atoms with Gasteiger partial charge in [0.05, 0.1) is 0 Å². The monoisotopic (exact) mass is 240 g/mol. The van der Waals surface area contributed by atoms with Crippen molar-refractivity contribution >= 4 is 5.91 Å². The molecule has 0 aliphatic carbocycles. The largest absolute Gasteiger partial charge is 0.336 e. The molecule has 0 saturated carbocycles. The van der Waals surface area contributed by atoms with Gasteiger partial charge in [-0.15, -0.1) is 0 Å². The Morgan fingerprint density at radius 1 is 1.41 bits per heavy atom. The summed E-state index contributed by atoms with van der Waals surface area (Å²) in [5.74, 6) is 1.02. The molecule has 0 aromatic heterocycles. The highest BCUT2D eigenvalue weighted by atomic mass is 16.2. The number of nitrogens with zero attached hydrogens (tertiary/aromatic N) is 1. The number of rotatable bonds is 5. The van der Waals surface area contributed by atoms with Crippen LogP contribution in [-0.4, -0.2) is 28.9 Å². The van der Waals surface area contributed by atoms with E-state index in [-0.39, 0.29) is 17.5 Å². The lowest BCUT2D eigenvalue weighted by Gasteiger charge is -2.31. The minimum Gasteiger partial charge on any atom is -0.336 e. The number of carbonyl (C=O) groups is 1. The van der Waals surface area contributed by atoms with Crippen LogP contribution >= 0.6 is 0 Å². The van der Waals surface area contributed by atoms with Crippen molar-refractivity contribution in [3.05, 3.63) is 0 Å². The summed E-state index contributed by atoms with van der Waals surface area (Å²) in [6, 6.07) is 0.157. The van der Waals surface area contributed by atoms with Crippen LogP contribution in [0.15, 0.2) is 0 Å². The minimum absolute atomic E-state index is 0.0471. The molecule has 0 aromatic rings. The van der Waals surface area contributed by atoms with Crippen molar-refractivity contribution in [3.63, 3.8) is 0 Å². The number of amides is 1. The first-order valence-corrected chi connectivity index (χ1v) is 6.89. The summed E-state index contributed by atoms with van der Waals surface area (Å²) < 4.78 is 0. The first-order chi connectivity index (χ1) is 7.83. The van der Waals surface area contributed by atoms with Crippen molar-refractivity contribution in [2.75, 3.05) is 6.54 Å². The van der Waals surface area contributed by atoms with E-state index in [1.165, 1.54) is 6.42 Å². The molecule has 100 valence electrons. The van der Waals surface area contributed by atoms with Crippen LogP contribution < -0.4 is 5.73 Å². The van der Waals surface area contributed by atoms with Gasteiger partial charge in [-0.2, -0.15) is 0 Å². The number of likely N-dealkylation sites (tertiary alicyclic amines) is 1. The van der Waals surface area contributed by atoms with E-state index in [2.05, 4.69) is 27.7 Å². The quantitative estimate of drug-likeness (QED) is 0.751. The lowest BCUT2D eigenvalue weighted by Crippen LogP contribution is -2.42. The number of hydrogen-bond acceptors (Lipinski definition) is 2. The van der Waals surface area contributed by atoms with Crippen molar-refractivity contribution < 1.29 is 4.79 Å². The maximum absolute atomic E-state index is 12.1. The molecule has 1 atom stereocenters. The summed E-state index contributed by atoms with van der Waals surface area (Å²) in [5, 5.41) is 0. The zero-order chi connectivity index (χ0) is 13.1. The van der Waals surface area contributed by atoms with E-state index >= 15 is 0 Å². The van der Waals surface area contributed by atoms with Crippen molar-refractivity contribution in [3.8, 4) is 0 Å². The van der Waals surface area contributed by atoms with Gasteiger partial charge in [-0.25, -0.2) is 0 Å². The predicted molar refractivity (Wildman–Crippen MR) is 71.7 cm³/mol. The molecule has 1 aliphatic heterocycles. The van der Waals surface area contributed by atoms with Gasteiger partial charge < -0.3 is 10.6 Å². The summed E-state index contributed by atoms with van der Waals surface area (Å²) >= 11 is 0. The van der Waals surface area contributed by atoms with Gasteiger partial charge in [-0.3, -0.25) is 4.79 Å². The second-order valence-electron chi connectivity index (χ2n) is 6.42. The summed E-state index contributed by atoms with van der Waals surface area (Å²) in [4.78, 5) is 14.1. The van der Waals surface area contributed by atoms with Gasteiger partial charge in [0, 0.05) is 24.5 Å². The summed E-state index contributed by atoms with van der Waals surface area (Å²) in [5.41, 5.74) is 5.89.